The fourth-order valence-corrected chi connectivity index (χ4v) is 2.48. The van der Waals surface area contributed by atoms with Crippen LogP contribution in [0.3, 0.4) is 0 Å². The SMILES string of the molecule is COc1ccc2nc(C3NCCC3C)[nH]c2c1. The fraction of sp³-hybridized carbons (Fsp3) is 0.462. The number of benzene rings is 1. The van der Waals surface area contributed by atoms with Crippen molar-refractivity contribution in [1.29, 1.82) is 0 Å². The third-order valence-corrected chi connectivity index (χ3v) is 3.53. The molecule has 0 radical (unpaired) electrons. The summed E-state index contributed by atoms with van der Waals surface area (Å²) in [6.45, 7) is 3.34. The third kappa shape index (κ3) is 1.78. The van der Waals surface area contributed by atoms with Gasteiger partial charge in [0.1, 0.15) is 11.6 Å². The normalized spacial score (nSPS) is 24.4. The van der Waals surface area contributed by atoms with Gasteiger partial charge in [0, 0.05) is 6.07 Å². The maximum atomic E-state index is 5.21. The van der Waals surface area contributed by atoms with Gasteiger partial charge >= 0.3 is 0 Å². The van der Waals surface area contributed by atoms with Gasteiger partial charge in [0.2, 0.25) is 0 Å². The van der Waals surface area contributed by atoms with Gasteiger partial charge in [-0.1, -0.05) is 6.92 Å². The van der Waals surface area contributed by atoms with Crippen LogP contribution in [-0.2, 0) is 0 Å². The molecule has 0 bridgehead atoms. The lowest BCUT2D eigenvalue weighted by molar-refractivity contribution is 0.415. The van der Waals surface area contributed by atoms with Crippen LogP contribution in [0, 0.1) is 5.92 Å². The average molecular weight is 231 g/mol. The average Bonchev–Trinajstić information content (AvgIpc) is 2.93. The first-order valence-corrected chi connectivity index (χ1v) is 6.05. The van der Waals surface area contributed by atoms with Gasteiger partial charge in [0.25, 0.3) is 0 Å². The molecule has 2 atom stereocenters. The summed E-state index contributed by atoms with van der Waals surface area (Å²) in [5.74, 6) is 2.54. The lowest BCUT2D eigenvalue weighted by Gasteiger charge is -2.11. The molecule has 2 unspecified atom stereocenters. The number of nitrogens with zero attached hydrogens (tertiary/aromatic N) is 1. The molecule has 2 heterocycles. The topological polar surface area (TPSA) is 49.9 Å². The molecule has 1 fully saturated rings. The molecule has 3 rings (SSSR count). The maximum absolute atomic E-state index is 5.21. The molecule has 0 aliphatic carbocycles. The van der Waals surface area contributed by atoms with E-state index in [1.807, 2.05) is 18.2 Å². The third-order valence-electron chi connectivity index (χ3n) is 3.53. The van der Waals surface area contributed by atoms with Gasteiger partial charge in [-0.2, -0.15) is 0 Å². The van der Waals surface area contributed by atoms with Crippen LogP contribution in [0.2, 0.25) is 0 Å². The molecule has 0 spiro atoms. The molecule has 1 aromatic heterocycles. The molecule has 4 nitrogen and oxygen atoms in total. The number of aromatic amines is 1. The summed E-state index contributed by atoms with van der Waals surface area (Å²) in [4.78, 5) is 8.04. The second kappa shape index (κ2) is 4.04. The number of imidazole rings is 1. The van der Waals surface area contributed by atoms with Crippen molar-refractivity contribution in [3.63, 3.8) is 0 Å². The van der Waals surface area contributed by atoms with Gasteiger partial charge < -0.3 is 15.0 Å². The van der Waals surface area contributed by atoms with Crippen molar-refractivity contribution in [2.24, 2.45) is 5.92 Å². The van der Waals surface area contributed by atoms with Gasteiger partial charge in [0.15, 0.2) is 0 Å². The Balaban J connectivity index is 2.01. The van der Waals surface area contributed by atoms with E-state index >= 15 is 0 Å². The van der Waals surface area contributed by atoms with Crippen LogP contribution in [0.4, 0.5) is 0 Å². The van der Waals surface area contributed by atoms with Crippen molar-refractivity contribution in [2.75, 3.05) is 13.7 Å². The summed E-state index contributed by atoms with van der Waals surface area (Å²) in [5, 5.41) is 3.49. The zero-order valence-electron chi connectivity index (χ0n) is 10.2. The molecule has 0 amide bonds. The molecule has 2 aromatic rings. The van der Waals surface area contributed by atoms with E-state index in [9.17, 15) is 0 Å². The van der Waals surface area contributed by atoms with Crippen molar-refractivity contribution in [3.05, 3.63) is 24.0 Å². The Hall–Kier alpha value is -1.55. The molecule has 2 N–H and O–H groups in total. The summed E-state index contributed by atoms with van der Waals surface area (Å²) in [5.41, 5.74) is 2.04. The van der Waals surface area contributed by atoms with Crippen LogP contribution < -0.4 is 10.1 Å². The van der Waals surface area contributed by atoms with Gasteiger partial charge in [0.05, 0.1) is 24.2 Å². The summed E-state index contributed by atoms with van der Waals surface area (Å²) >= 11 is 0. The first-order chi connectivity index (χ1) is 8.28. The molecule has 0 saturated carbocycles. The Kier molecular flexibility index (Phi) is 2.52. The Labute approximate surface area is 100 Å². The molecule has 1 aliphatic rings. The highest BCUT2D eigenvalue weighted by Gasteiger charge is 2.26. The Morgan fingerprint density at radius 2 is 2.29 bits per heavy atom. The summed E-state index contributed by atoms with van der Waals surface area (Å²) in [7, 11) is 1.68. The zero-order valence-corrected chi connectivity index (χ0v) is 10.2. The molecule has 17 heavy (non-hydrogen) atoms. The first kappa shape index (κ1) is 10.6. The zero-order chi connectivity index (χ0) is 11.8. The van der Waals surface area contributed by atoms with E-state index in [2.05, 4.69) is 22.2 Å². The Morgan fingerprint density at radius 1 is 1.41 bits per heavy atom. The second-order valence-electron chi connectivity index (χ2n) is 4.70. The van der Waals surface area contributed by atoms with Gasteiger partial charge in [-0.3, -0.25) is 0 Å². The molecule has 4 heteroatoms. The van der Waals surface area contributed by atoms with E-state index in [1.165, 1.54) is 6.42 Å². The first-order valence-electron chi connectivity index (χ1n) is 6.05. The molecule has 90 valence electrons. The van der Waals surface area contributed by atoms with Crippen molar-refractivity contribution in [1.82, 2.24) is 15.3 Å². The number of hydrogen-bond donors (Lipinski definition) is 2. The lowest BCUT2D eigenvalue weighted by Crippen LogP contribution is -2.17. The summed E-state index contributed by atoms with van der Waals surface area (Å²) in [6, 6.07) is 6.28. The number of nitrogens with one attached hydrogen (secondary N) is 2. The van der Waals surface area contributed by atoms with Gasteiger partial charge in [-0.15, -0.1) is 0 Å². The van der Waals surface area contributed by atoms with Crippen LogP contribution in [0.1, 0.15) is 25.2 Å². The number of fused-ring (bicyclic) bond motifs is 1. The van der Waals surface area contributed by atoms with Crippen molar-refractivity contribution in [2.45, 2.75) is 19.4 Å². The lowest BCUT2D eigenvalue weighted by atomic mass is 10.0. The largest absolute Gasteiger partial charge is 0.497 e. The van der Waals surface area contributed by atoms with E-state index in [0.29, 0.717) is 12.0 Å². The summed E-state index contributed by atoms with van der Waals surface area (Å²) in [6.07, 6.45) is 1.21. The molecular formula is C13H17N3O. The molecule has 1 aliphatic heterocycles. The fourth-order valence-electron chi connectivity index (χ4n) is 2.48. The predicted molar refractivity (Wildman–Crippen MR) is 67.2 cm³/mol. The van der Waals surface area contributed by atoms with E-state index in [1.54, 1.807) is 7.11 Å². The second-order valence-corrected chi connectivity index (χ2v) is 4.70. The monoisotopic (exact) mass is 231 g/mol. The highest BCUT2D eigenvalue weighted by molar-refractivity contribution is 5.76. The van der Waals surface area contributed by atoms with Crippen LogP contribution in [-0.4, -0.2) is 23.6 Å². The minimum Gasteiger partial charge on any atom is -0.497 e. The standard InChI is InChI=1S/C13H17N3O/c1-8-5-6-14-12(8)13-15-10-4-3-9(17-2)7-11(10)16-13/h3-4,7-8,12,14H,5-6H2,1-2H3,(H,15,16). The predicted octanol–water partition coefficient (Wildman–Crippen LogP) is 2.24. The van der Waals surface area contributed by atoms with E-state index in [4.69, 9.17) is 4.74 Å². The molecule has 1 saturated heterocycles. The van der Waals surface area contributed by atoms with Crippen LogP contribution in [0.15, 0.2) is 18.2 Å². The number of H-pyrrole nitrogens is 1. The number of hydrogen-bond acceptors (Lipinski definition) is 3. The highest BCUT2D eigenvalue weighted by atomic mass is 16.5. The van der Waals surface area contributed by atoms with Crippen molar-refractivity contribution in [3.8, 4) is 5.75 Å². The van der Waals surface area contributed by atoms with Crippen molar-refractivity contribution < 1.29 is 4.74 Å². The number of methoxy groups -OCH3 is 1. The number of ether oxygens (including phenoxy) is 1. The van der Waals surface area contributed by atoms with E-state index < -0.39 is 0 Å². The number of rotatable bonds is 2. The van der Waals surface area contributed by atoms with Crippen LogP contribution >= 0.6 is 0 Å². The summed E-state index contributed by atoms with van der Waals surface area (Å²) < 4.78 is 5.21. The molecular weight excluding hydrogens is 214 g/mol. The quantitative estimate of drug-likeness (QED) is 0.833. The Morgan fingerprint density at radius 3 is 3.00 bits per heavy atom. The smallest absolute Gasteiger partial charge is 0.124 e. The van der Waals surface area contributed by atoms with E-state index in [0.717, 1.165) is 29.2 Å². The van der Waals surface area contributed by atoms with Crippen molar-refractivity contribution >= 4 is 11.0 Å². The molecule has 1 aromatic carbocycles. The highest BCUT2D eigenvalue weighted by Crippen LogP contribution is 2.29. The van der Waals surface area contributed by atoms with Crippen LogP contribution in [0.25, 0.3) is 11.0 Å². The Bertz CT molecular complexity index is 534. The van der Waals surface area contributed by atoms with Crippen LogP contribution in [0.5, 0.6) is 5.75 Å². The van der Waals surface area contributed by atoms with Gasteiger partial charge in [-0.25, -0.2) is 4.98 Å². The minimum atomic E-state index is 0.355. The minimum absolute atomic E-state index is 0.355. The van der Waals surface area contributed by atoms with E-state index in [-0.39, 0.29) is 0 Å². The maximum Gasteiger partial charge on any atom is 0.124 e. The number of aromatic nitrogens is 2. The van der Waals surface area contributed by atoms with Gasteiger partial charge in [-0.05, 0) is 31.0 Å².